The van der Waals surface area contributed by atoms with E-state index in [0.717, 1.165) is 34.2 Å². The normalized spacial score (nSPS) is 11.8. The van der Waals surface area contributed by atoms with Crippen molar-refractivity contribution in [1.82, 2.24) is 9.36 Å². The number of hydrogen-bond donors (Lipinski definition) is 2. The minimum atomic E-state index is 0.259. The highest BCUT2D eigenvalue weighted by molar-refractivity contribution is 7.15. The van der Waals surface area contributed by atoms with Crippen LogP contribution >= 0.6 is 22.9 Å². The molecule has 2 aromatic rings. The first-order chi connectivity index (χ1) is 8.93. The molecule has 0 atom stereocenters. The van der Waals surface area contributed by atoms with Crippen molar-refractivity contribution in [2.24, 2.45) is 5.41 Å². The maximum atomic E-state index is 5.98. The van der Waals surface area contributed by atoms with E-state index in [2.05, 4.69) is 35.4 Å². The molecule has 0 spiro atoms. The Kier molecular flexibility index (Phi) is 4.10. The summed E-state index contributed by atoms with van der Waals surface area (Å²) in [5.41, 5.74) is 8.21. The summed E-state index contributed by atoms with van der Waals surface area (Å²) < 4.78 is 4.25. The van der Waals surface area contributed by atoms with E-state index in [0.29, 0.717) is 5.82 Å². The van der Waals surface area contributed by atoms with Crippen LogP contribution in [0.3, 0.4) is 0 Å². The third-order valence-electron chi connectivity index (χ3n) is 3.24. The molecule has 2 rings (SSSR count). The lowest BCUT2D eigenvalue weighted by Crippen LogP contribution is -2.21. The van der Waals surface area contributed by atoms with E-state index in [-0.39, 0.29) is 5.41 Å². The van der Waals surface area contributed by atoms with Crippen molar-refractivity contribution in [1.29, 1.82) is 0 Å². The van der Waals surface area contributed by atoms with Crippen LogP contribution in [-0.2, 0) is 0 Å². The predicted octanol–water partition coefficient (Wildman–Crippen LogP) is 4.01. The second kappa shape index (κ2) is 5.46. The van der Waals surface area contributed by atoms with Crippen molar-refractivity contribution < 1.29 is 0 Å². The zero-order valence-corrected chi connectivity index (χ0v) is 13.4. The number of rotatable bonds is 5. The fraction of sp³-hybridized carbons (Fsp3) is 0.538. The number of nitrogens with zero attached hydrogens (tertiary/aromatic N) is 2. The minimum Gasteiger partial charge on any atom is -0.382 e. The Morgan fingerprint density at radius 3 is 2.74 bits per heavy atom. The van der Waals surface area contributed by atoms with Crippen molar-refractivity contribution in [3.05, 3.63) is 11.1 Å². The van der Waals surface area contributed by atoms with Crippen LogP contribution in [0.1, 0.15) is 32.9 Å². The standard InChI is InChI=1S/C13H20N4S2/c1-5-13(3,4)7-15-11-9(10(14)17-19-11)12-16-8(2)6-18-12/h6,15H,5,7H2,1-4H3,(H2,14,17). The maximum Gasteiger partial charge on any atom is 0.149 e. The Morgan fingerprint density at radius 1 is 1.42 bits per heavy atom. The second-order valence-electron chi connectivity index (χ2n) is 5.44. The molecule has 0 aliphatic rings. The average molecular weight is 296 g/mol. The van der Waals surface area contributed by atoms with Gasteiger partial charge in [-0.2, -0.15) is 4.37 Å². The number of thiazole rings is 1. The zero-order valence-electron chi connectivity index (χ0n) is 11.8. The topological polar surface area (TPSA) is 63.8 Å². The molecule has 2 heterocycles. The Balaban J connectivity index is 2.23. The Morgan fingerprint density at radius 2 is 2.16 bits per heavy atom. The molecule has 0 fully saturated rings. The minimum absolute atomic E-state index is 0.259. The molecule has 0 saturated heterocycles. The van der Waals surface area contributed by atoms with Gasteiger partial charge in [0.2, 0.25) is 0 Å². The van der Waals surface area contributed by atoms with Crippen LogP contribution in [0.4, 0.5) is 10.8 Å². The van der Waals surface area contributed by atoms with E-state index in [1.165, 1.54) is 11.5 Å². The molecular formula is C13H20N4S2. The predicted molar refractivity (Wildman–Crippen MR) is 84.9 cm³/mol. The number of anilines is 2. The first-order valence-corrected chi connectivity index (χ1v) is 8.00. The van der Waals surface area contributed by atoms with Crippen LogP contribution in [0.15, 0.2) is 5.38 Å². The van der Waals surface area contributed by atoms with Crippen LogP contribution in [0.25, 0.3) is 10.6 Å². The molecule has 3 N–H and O–H groups in total. The number of nitrogens with one attached hydrogen (secondary N) is 1. The van der Waals surface area contributed by atoms with E-state index < -0.39 is 0 Å². The lowest BCUT2D eigenvalue weighted by molar-refractivity contribution is 0.377. The third-order valence-corrected chi connectivity index (χ3v) is 5.03. The summed E-state index contributed by atoms with van der Waals surface area (Å²) in [6.45, 7) is 9.59. The summed E-state index contributed by atoms with van der Waals surface area (Å²) in [5.74, 6) is 0.566. The molecule has 0 unspecified atom stereocenters. The van der Waals surface area contributed by atoms with Crippen LogP contribution in [-0.4, -0.2) is 15.9 Å². The Bertz CT molecular complexity index is 557. The molecule has 104 valence electrons. The van der Waals surface area contributed by atoms with Gasteiger partial charge in [-0.15, -0.1) is 11.3 Å². The Hall–Kier alpha value is -1.14. The van der Waals surface area contributed by atoms with Gasteiger partial charge in [0.1, 0.15) is 15.8 Å². The third kappa shape index (κ3) is 3.25. The van der Waals surface area contributed by atoms with Gasteiger partial charge in [-0.25, -0.2) is 4.98 Å². The van der Waals surface area contributed by atoms with Gasteiger partial charge in [-0.1, -0.05) is 20.8 Å². The zero-order chi connectivity index (χ0) is 14.0. The summed E-state index contributed by atoms with van der Waals surface area (Å²) in [6.07, 6.45) is 1.12. The van der Waals surface area contributed by atoms with E-state index in [1.807, 2.05) is 12.3 Å². The smallest absolute Gasteiger partial charge is 0.149 e. The number of nitrogens with two attached hydrogens (primary N) is 1. The van der Waals surface area contributed by atoms with E-state index in [4.69, 9.17) is 5.73 Å². The van der Waals surface area contributed by atoms with Gasteiger partial charge >= 0.3 is 0 Å². The largest absolute Gasteiger partial charge is 0.382 e. The van der Waals surface area contributed by atoms with Crippen molar-refractivity contribution in [3.63, 3.8) is 0 Å². The van der Waals surface area contributed by atoms with Crippen LogP contribution in [0, 0.1) is 12.3 Å². The lowest BCUT2D eigenvalue weighted by Gasteiger charge is -2.23. The molecule has 0 amide bonds. The summed E-state index contributed by atoms with van der Waals surface area (Å²) >= 11 is 3.02. The van der Waals surface area contributed by atoms with Crippen molar-refractivity contribution in [2.75, 3.05) is 17.6 Å². The molecule has 6 heteroatoms. The maximum absolute atomic E-state index is 5.98. The average Bonchev–Trinajstić information content (AvgIpc) is 2.93. The van der Waals surface area contributed by atoms with Gasteiger partial charge in [-0.05, 0) is 30.3 Å². The molecule has 0 radical (unpaired) electrons. The molecule has 0 aliphatic carbocycles. The van der Waals surface area contributed by atoms with Crippen molar-refractivity contribution >= 4 is 33.7 Å². The fourth-order valence-electron chi connectivity index (χ4n) is 1.54. The van der Waals surface area contributed by atoms with Crippen LogP contribution in [0.5, 0.6) is 0 Å². The van der Waals surface area contributed by atoms with Gasteiger partial charge in [0.15, 0.2) is 0 Å². The first-order valence-electron chi connectivity index (χ1n) is 6.34. The summed E-state index contributed by atoms with van der Waals surface area (Å²) in [6, 6.07) is 0. The number of hydrogen-bond acceptors (Lipinski definition) is 6. The SMILES string of the molecule is CCC(C)(C)CNc1snc(N)c1-c1nc(C)cs1. The van der Waals surface area contributed by atoms with Gasteiger partial charge in [-0.3, -0.25) is 0 Å². The van der Waals surface area contributed by atoms with E-state index in [1.54, 1.807) is 11.3 Å². The number of aryl methyl sites for hydroxylation is 1. The van der Waals surface area contributed by atoms with Crippen molar-refractivity contribution in [2.45, 2.75) is 34.1 Å². The molecule has 0 saturated carbocycles. The highest BCUT2D eigenvalue weighted by atomic mass is 32.1. The number of nitrogen functional groups attached to an aromatic ring is 1. The molecule has 0 aliphatic heterocycles. The van der Waals surface area contributed by atoms with Gasteiger partial charge < -0.3 is 11.1 Å². The first kappa shape index (κ1) is 14.3. The van der Waals surface area contributed by atoms with Gasteiger partial charge in [0, 0.05) is 17.6 Å². The summed E-state index contributed by atoms with van der Waals surface area (Å²) in [4.78, 5) is 4.50. The monoisotopic (exact) mass is 296 g/mol. The molecule has 0 bridgehead atoms. The molecular weight excluding hydrogens is 276 g/mol. The highest BCUT2D eigenvalue weighted by Gasteiger charge is 2.20. The lowest BCUT2D eigenvalue weighted by atomic mass is 9.90. The summed E-state index contributed by atoms with van der Waals surface area (Å²) in [7, 11) is 0. The molecule has 4 nitrogen and oxygen atoms in total. The molecule has 19 heavy (non-hydrogen) atoms. The number of aromatic nitrogens is 2. The summed E-state index contributed by atoms with van der Waals surface area (Å²) in [5, 5.41) is 7.48. The van der Waals surface area contributed by atoms with E-state index >= 15 is 0 Å². The van der Waals surface area contributed by atoms with Crippen LogP contribution in [0.2, 0.25) is 0 Å². The van der Waals surface area contributed by atoms with Crippen LogP contribution < -0.4 is 11.1 Å². The highest BCUT2D eigenvalue weighted by Crippen LogP contribution is 2.38. The molecule has 2 aromatic heterocycles. The quantitative estimate of drug-likeness (QED) is 0.875. The Labute approximate surface area is 122 Å². The second-order valence-corrected chi connectivity index (χ2v) is 7.07. The van der Waals surface area contributed by atoms with E-state index in [9.17, 15) is 0 Å². The van der Waals surface area contributed by atoms with Gasteiger partial charge in [0.05, 0.1) is 5.56 Å². The van der Waals surface area contributed by atoms with Gasteiger partial charge in [0.25, 0.3) is 0 Å². The fourth-order valence-corrected chi connectivity index (χ4v) is 3.17. The van der Waals surface area contributed by atoms with Crippen molar-refractivity contribution in [3.8, 4) is 10.6 Å². The molecule has 0 aromatic carbocycles.